The number of carbonyl (C=O) groups excluding carboxylic acids is 3. The van der Waals surface area contributed by atoms with E-state index in [0.717, 1.165) is 5.69 Å². The van der Waals surface area contributed by atoms with Crippen molar-refractivity contribution in [1.29, 1.82) is 0 Å². The van der Waals surface area contributed by atoms with Gasteiger partial charge >= 0.3 is 5.97 Å². The minimum absolute atomic E-state index is 0.177. The van der Waals surface area contributed by atoms with Gasteiger partial charge in [0.05, 0.1) is 5.56 Å². The van der Waals surface area contributed by atoms with Crippen molar-refractivity contribution in [1.82, 2.24) is 4.98 Å². The molecule has 2 N–H and O–H groups in total. The van der Waals surface area contributed by atoms with Crippen molar-refractivity contribution >= 4 is 29.2 Å². The van der Waals surface area contributed by atoms with E-state index in [1.165, 1.54) is 13.1 Å². The van der Waals surface area contributed by atoms with E-state index in [2.05, 4.69) is 15.6 Å². The van der Waals surface area contributed by atoms with Gasteiger partial charge in [-0.05, 0) is 43.3 Å². The number of benzene rings is 1. The Bertz CT molecular complexity index is 739. The molecular formula is C17H17N3O4. The summed E-state index contributed by atoms with van der Waals surface area (Å²) in [5.41, 5.74) is 2.22. The first-order valence-electron chi connectivity index (χ1n) is 7.21. The molecule has 2 amide bonds. The molecule has 0 aliphatic rings. The third-order valence-electron chi connectivity index (χ3n) is 2.97. The molecule has 1 heterocycles. The van der Waals surface area contributed by atoms with E-state index in [4.69, 9.17) is 4.74 Å². The molecule has 0 spiro atoms. The number of rotatable bonds is 5. The molecule has 0 saturated carbocycles. The number of anilines is 2. The van der Waals surface area contributed by atoms with Gasteiger partial charge in [0.15, 0.2) is 6.61 Å². The number of esters is 1. The summed E-state index contributed by atoms with van der Waals surface area (Å²) in [4.78, 5) is 38.5. The van der Waals surface area contributed by atoms with E-state index in [0.29, 0.717) is 11.4 Å². The van der Waals surface area contributed by atoms with Crippen molar-refractivity contribution in [3.63, 3.8) is 0 Å². The summed E-state index contributed by atoms with van der Waals surface area (Å²) >= 11 is 0. The van der Waals surface area contributed by atoms with Crippen LogP contribution in [0, 0.1) is 6.92 Å². The molecule has 0 unspecified atom stereocenters. The van der Waals surface area contributed by atoms with Crippen LogP contribution in [-0.4, -0.2) is 29.4 Å². The van der Waals surface area contributed by atoms with Crippen LogP contribution in [0.15, 0.2) is 42.6 Å². The molecule has 2 aromatic rings. The summed E-state index contributed by atoms with van der Waals surface area (Å²) in [6.07, 6.45) is 1.40. The van der Waals surface area contributed by atoms with Gasteiger partial charge in [0.25, 0.3) is 5.91 Å². The molecule has 124 valence electrons. The zero-order valence-corrected chi connectivity index (χ0v) is 13.3. The van der Waals surface area contributed by atoms with Crippen LogP contribution in [0.2, 0.25) is 0 Å². The van der Waals surface area contributed by atoms with E-state index in [9.17, 15) is 14.4 Å². The Labute approximate surface area is 139 Å². The summed E-state index contributed by atoms with van der Waals surface area (Å²) in [7, 11) is 0. The maximum Gasteiger partial charge on any atom is 0.340 e. The fraction of sp³-hybridized carbons (Fsp3) is 0.176. The number of aromatic nitrogens is 1. The first-order valence-corrected chi connectivity index (χ1v) is 7.21. The van der Waals surface area contributed by atoms with Crippen LogP contribution in [0.3, 0.4) is 0 Å². The third-order valence-corrected chi connectivity index (χ3v) is 2.97. The first-order chi connectivity index (χ1) is 11.4. The van der Waals surface area contributed by atoms with Crippen LogP contribution >= 0.6 is 0 Å². The Morgan fingerprint density at radius 2 is 1.62 bits per heavy atom. The van der Waals surface area contributed by atoms with E-state index in [1.807, 2.05) is 0 Å². The third kappa shape index (κ3) is 5.20. The zero-order valence-electron chi connectivity index (χ0n) is 13.3. The summed E-state index contributed by atoms with van der Waals surface area (Å²) in [5, 5.41) is 5.21. The molecule has 1 aromatic carbocycles. The number of nitrogens with zero attached hydrogens (tertiary/aromatic N) is 1. The Balaban J connectivity index is 1.83. The van der Waals surface area contributed by atoms with Crippen LogP contribution in [0.4, 0.5) is 11.4 Å². The molecule has 0 saturated heterocycles. The molecule has 7 nitrogen and oxygen atoms in total. The van der Waals surface area contributed by atoms with Crippen molar-refractivity contribution in [2.24, 2.45) is 0 Å². The van der Waals surface area contributed by atoms with Gasteiger partial charge in [0, 0.05) is 30.2 Å². The predicted molar refractivity (Wildman–Crippen MR) is 88.6 cm³/mol. The number of nitrogens with one attached hydrogen (secondary N) is 2. The van der Waals surface area contributed by atoms with E-state index in [-0.39, 0.29) is 11.5 Å². The number of hydrogen-bond donors (Lipinski definition) is 2. The van der Waals surface area contributed by atoms with Crippen molar-refractivity contribution in [2.75, 3.05) is 17.2 Å². The zero-order chi connectivity index (χ0) is 17.5. The highest BCUT2D eigenvalue weighted by atomic mass is 16.5. The number of aryl methyl sites for hydroxylation is 1. The van der Waals surface area contributed by atoms with E-state index < -0.39 is 18.5 Å². The summed E-state index contributed by atoms with van der Waals surface area (Å²) in [5.74, 6) is -1.25. The Morgan fingerprint density at radius 3 is 2.17 bits per heavy atom. The van der Waals surface area contributed by atoms with Gasteiger partial charge in [-0.2, -0.15) is 0 Å². The van der Waals surface area contributed by atoms with Crippen LogP contribution in [-0.2, 0) is 14.3 Å². The minimum Gasteiger partial charge on any atom is -0.452 e. The second kappa shape index (κ2) is 7.87. The molecule has 0 radical (unpaired) electrons. The maximum absolute atomic E-state index is 11.8. The summed E-state index contributed by atoms with van der Waals surface area (Å²) in [6.45, 7) is 2.81. The smallest absolute Gasteiger partial charge is 0.340 e. The van der Waals surface area contributed by atoms with Gasteiger partial charge in [0.1, 0.15) is 0 Å². The highest BCUT2D eigenvalue weighted by Crippen LogP contribution is 2.13. The van der Waals surface area contributed by atoms with Gasteiger partial charge in [-0.25, -0.2) is 4.79 Å². The SMILES string of the molecule is CC(=O)Nc1ccc(NC(=O)COC(=O)c2ccc(C)nc2)cc1. The average Bonchev–Trinajstić information content (AvgIpc) is 2.54. The second-order valence-electron chi connectivity index (χ2n) is 5.07. The van der Waals surface area contributed by atoms with Gasteiger partial charge in [-0.1, -0.05) is 0 Å². The summed E-state index contributed by atoms with van der Waals surface area (Å²) in [6, 6.07) is 9.85. The normalized spacial score (nSPS) is 9.92. The molecule has 0 atom stereocenters. The van der Waals surface area contributed by atoms with Gasteiger partial charge in [-0.15, -0.1) is 0 Å². The van der Waals surface area contributed by atoms with E-state index >= 15 is 0 Å². The highest BCUT2D eigenvalue weighted by molar-refractivity contribution is 5.95. The van der Waals surface area contributed by atoms with Crippen LogP contribution < -0.4 is 10.6 Å². The predicted octanol–water partition coefficient (Wildman–Crippen LogP) is 2.14. The van der Waals surface area contributed by atoms with Gasteiger partial charge in [-0.3, -0.25) is 14.6 Å². The number of ether oxygens (including phenoxy) is 1. The number of hydrogen-bond acceptors (Lipinski definition) is 5. The van der Waals surface area contributed by atoms with Crippen molar-refractivity contribution in [3.05, 3.63) is 53.9 Å². The lowest BCUT2D eigenvalue weighted by Gasteiger charge is -2.08. The van der Waals surface area contributed by atoms with Crippen molar-refractivity contribution < 1.29 is 19.1 Å². The highest BCUT2D eigenvalue weighted by Gasteiger charge is 2.10. The molecule has 0 bridgehead atoms. The fourth-order valence-corrected chi connectivity index (χ4v) is 1.84. The number of carbonyl (C=O) groups is 3. The first kappa shape index (κ1) is 17.1. The van der Waals surface area contributed by atoms with E-state index in [1.54, 1.807) is 43.3 Å². The lowest BCUT2D eigenvalue weighted by molar-refractivity contribution is -0.119. The van der Waals surface area contributed by atoms with Gasteiger partial charge in [0.2, 0.25) is 5.91 Å². The molecule has 0 aliphatic carbocycles. The standard InChI is InChI=1S/C17H17N3O4/c1-11-3-4-13(9-18-11)17(23)24-10-16(22)20-15-7-5-14(6-8-15)19-12(2)21/h3-9H,10H2,1-2H3,(H,19,21)(H,20,22). The quantitative estimate of drug-likeness (QED) is 0.820. The molecule has 0 fully saturated rings. The van der Waals surface area contributed by atoms with Gasteiger partial charge < -0.3 is 15.4 Å². The van der Waals surface area contributed by atoms with Crippen LogP contribution in [0.5, 0.6) is 0 Å². The molecule has 1 aromatic heterocycles. The lowest BCUT2D eigenvalue weighted by atomic mass is 10.2. The van der Waals surface area contributed by atoms with Crippen molar-refractivity contribution in [2.45, 2.75) is 13.8 Å². The molecule has 7 heteroatoms. The second-order valence-corrected chi connectivity index (χ2v) is 5.07. The van der Waals surface area contributed by atoms with Crippen molar-refractivity contribution in [3.8, 4) is 0 Å². The molecular weight excluding hydrogens is 310 g/mol. The number of amides is 2. The largest absolute Gasteiger partial charge is 0.452 e. The maximum atomic E-state index is 11.8. The molecule has 2 rings (SSSR count). The number of pyridine rings is 1. The Morgan fingerprint density at radius 1 is 1.00 bits per heavy atom. The molecule has 0 aliphatic heterocycles. The average molecular weight is 327 g/mol. The molecule has 24 heavy (non-hydrogen) atoms. The fourth-order valence-electron chi connectivity index (χ4n) is 1.84. The Kier molecular flexibility index (Phi) is 5.62. The van der Waals surface area contributed by atoms with Crippen LogP contribution in [0.25, 0.3) is 0 Å². The lowest BCUT2D eigenvalue weighted by Crippen LogP contribution is -2.21. The summed E-state index contributed by atoms with van der Waals surface area (Å²) < 4.78 is 4.93. The monoisotopic (exact) mass is 327 g/mol. The Hall–Kier alpha value is -3.22. The minimum atomic E-state index is -0.612. The topological polar surface area (TPSA) is 97.4 Å². The van der Waals surface area contributed by atoms with Crippen LogP contribution in [0.1, 0.15) is 23.0 Å².